The molecule has 0 saturated carbocycles. The lowest BCUT2D eigenvalue weighted by molar-refractivity contribution is -0.141. The van der Waals surface area contributed by atoms with Crippen molar-refractivity contribution in [2.45, 2.75) is 25.6 Å². The van der Waals surface area contributed by atoms with Crippen LogP contribution in [0.15, 0.2) is 42.6 Å². The highest BCUT2D eigenvalue weighted by Crippen LogP contribution is 2.31. The maximum absolute atomic E-state index is 12.5. The van der Waals surface area contributed by atoms with E-state index in [1.54, 1.807) is 0 Å². The highest BCUT2D eigenvalue weighted by molar-refractivity contribution is 5.93. The number of pyridine rings is 1. The highest BCUT2D eigenvalue weighted by Gasteiger charge is 2.32. The van der Waals surface area contributed by atoms with Crippen LogP contribution < -0.4 is 10.2 Å². The standard InChI is InChI=1S/C18H18F3N3O/c1-12-10-13-4-2-3-5-15(13)24(12)9-8-22-17(25)14-6-7-16(23-11-14)18(19,20)21/h2-7,11-12H,8-10H2,1H3,(H,22,25). The second-order valence-corrected chi connectivity index (χ2v) is 6.06. The lowest BCUT2D eigenvalue weighted by Gasteiger charge is -2.25. The fourth-order valence-electron chi connectivity index (χ4n) is 3.06. The number of benzene rings is 1. The zero-order valence-corrected chi connectivity index (χ0v) is 13.7. The van der Waals surface area contributed by atoms with Gasteiger partial charge in [0.2, 0.25) is 0 Å². The van der Waals surface area contributed by atoms with Crippen LogP contribution in [0.4, 0.5) is 18.9 Å². The Kier molecular flexibility index (Phi) is 4.65. The molecule has 1 amide bonds. The molecule has 25 heavy (non-hydrogen) atoms. The van der Waals surface area contributed by atoms with Crippen LogP contribution in [0.3, 0.4) is 0 Å². The maximum Gasteiger partial charge on any atom is 0.433 e. The number of halogens is 3. The van der Waals surface area contributed by atoms with E-state index in [0.717, 1.165) is 24.8 Å². The molecule has 132 valence electrons. The zero-order chi connectivity index (χ0) is 18.0. The number of carbonyl (C=O) groups is 1. The van der Waals surface area contributed by atoms with Gasteiger partial charge in [0.05, 0.1) is 5.56 Å². The van der Waals surface area contributed by atoms with Crippen LogP contribution in [0.5, 0.6) is 0 Å². The van der Waals surface area contributed by atoms with E-state index in [0.29, 0.717) is 19.1 Å². The highest BCUT2D eigenvalue weighted by atomic mass is 19.4. The molecule has 1 N–H and O–H groups in total. The number of carbonyl (C=O) groups excluding carboxylic acids is 1. The van der Waals surface area contributed by atoms with E-state index in [4.69, 9.17) is 0 Å². The minimum absolute atomic E-state index is 0.114. The van der Waals surface area contributed by atoms with Crippen molar-refractivity contribution in [2.75, 3.05) is 18.0 Å². The topological polar surface area (TPSA) is 45.2 Å². The molecule has 7 heteroatoms. The average molecular weight is 349 g/mol. The van der Waals surface area contributed by atoms with E-state index in [2.05, 4.69) is 34.3 Å². The van der Waals surface area contributed by atoms with E-state index >= 15 is 0 Å². The van der Waals surface area contributed by atoms with Crippen molar-refractivity contribution >= 4 is 11.6 Å². The minimum atomic E-state index is -4.51. The summed E-state index contributed by atoms with van der Waals surface area (Å²) >= 11 is 0. The van der Waals surface area contributed by atoms with Gasteiger partial charge in [-0.3, -0.25) is 9.78 Å². The summed E-state index contributed by atoms with van der Waals surface area (Å²) in [5, 5.41) is 2.73. The molecule has 0 fully saturated rings. The van der Waals surface area contributed by atoms with Gasteiger partial charge in [0, 0.05) is 31.0 Å². The molecule has 1 aromatic carbocycles. The molecular formula is C18H18F3N3O. The van der Waals surface area contributed by atoms with Gasteiger partial charge in [-0.25, -0.2) is 0 Å². The van der Waals surface area contributed by atoms with Gasteiger partial charge in [-0.2, -0.15) is 13.2 Å². The number of nitrogens with one attached hydrogen (secondary N) is 1. The first-order valence-electron chi connectivity index (χ1n) is 8.02. The second-order valence-electron chi connectivity index (χ2n) is 6.06. The predicted molar refractivity (Wildman–Crippen MR) is 88.5 cm³/mol. The Bertz CT molecular complexity index is 759. The Hall–Kier alpha value is -2.57. The summed E-state index contributed by atoms with van der Waals surface area (Å²) in [6.07, 6.45) is -2.59. The molecule has 0 aliphatic carbocycles. The van der Waals surface area contributed by atoms with Gasteiger partial charge < -0.3 is 10.2 Å². The fraction of sp³-hybridized carbons (Fsp3) is 0.333. The quantitative estimate of drug-likeness (QED) is 0.921. The maximum atomic E-state index is 12.5. The molecule has 2 heterocycles. The van der Waals surface area contributed by atoms with Gasteiger partial charge in [0.15, 0.2) is 0 Å². The van der Waals surface area contributed by atoms with E-state index in [9.17, 15) is 18.0 Å². The van der Waals surface area contributed by atoms with Crippen molar-refractivity contribution in [1.82, 2.24) is 10.3 Å². The van der Waals surface area contributed by atoms with E-state index in [1.165, 1.54) is 11.3 Å². The molecule has 0 radical (unpaired) electrons. The third-order valence-electron chi connectivity index (χ3n) is 4.30. The molecule has 2 aromatic rings. The fourth-order valence-corrected chi connectivity index (χ4v) is 3.06. The van der Waals surface area contributed by atoms with Gasteiger partial charge >= 0.3 is 6.18 Å². The first-order chi connectivity index (χ1) is 11.9. The van der Waals surface area contributed by atoms with Crippen LogP contribution in [0.25, 0.3) is 0 Å². The van der Waals surface area contributed by atoms with Crippen molar-refractivity contribution in [3.05, 3.63) is 59.4 Å². The normalized spacial score (nSPS) is 16.6. The van der Waals surface area contributed by atoms with Crippen LogP contribution >= 0.6 is 0 Å². The summed E-state index contributed by atoms with van der Waals surface area (Å²) in [4.78, 5) is 17.6. The van der Waals surface area contributed by atoms with E-state index in [1.807, 2.05) is 12.1 Å². The number of para-hydroxylation sites is 1. The van der Waals surface area contributed by atoms with E-state index in [-0.39, 0.29) is 5.56 Å². The Morgan fingerprint density at radius 3 is 2.72 bits per heavy atom. The van der Waals surface area contributed by atoms with Gasteiger partial charge in [0.1, 0.15) is 5.69 Å². The monoisotopic (exact) mass is 349 g/mol. The smallest absolute Gasteiger partial charge is 0.367 e. The number of amides is 1. The molecule has 0 bridgehead atoms. The molecule has 0 spiro atoms. The molecule has 4 nitrogen and oxygen atoms in total. The van der Waals surface area contributed by atoms with Crippen molar-refractivity contribution in [3.8, 4) is 0 Å². The Balaban J connectivity index is 1.56. The van der Waals surface area contributed by atoms with Gasteiger partial charge in [-0.05, 0) is 37.1 Å². The summed E-state index contributed by atoms with van der Waals surface area (Å²) in [6.45, 7) is 3.16. The first kappa shape index (κ1) is 17.3. The Morgan fingerprint density at radius 1 is 1.28 bits per heavy atom. The number of hydrogen-bond acceptors (Lipinski definition) is 3. The molecule has 0 saturated heterocycles. The number of fused-ring (bicyclic) bond motifs is 1. The molecular weight excluding hydrogens is 331 g/mol. The number of rotatable bonds is 4. The lowest BCUT2D eigenvalue weighted by atomic mass is 10.1. The van der Waals surface area contributed by atoms with Crippen LogP contribution in [0, 0.1) is 0 Å². The van der Waals surface area contributed by atoms with Crippen LogP contribution in [0.1, 0.15) is 28.5 Å². The molecule has 1 unspecified atom stereocenters. The van der Waals surface area contributed by atoms with Crippen LogP contribution in [-0.4, -0.2) is 30.0 Å². The van der Waals surface area contributed by atoms with Gasteiger partial charge in [0.25, 0.3) is 5.91 Å². The van der Waals surface area contributed by atoms with Gasteiger partial charge in [-0.1, -0.05) is 18.2 Å². The zero-order valence-electron chi connectivity index (χ0n) is 13.7. The molecule has 1 aliphatic heterocycles. The number of nitrogens with zero attached hydrogens (tertiary/aromatic N) is 2. The Labute approximate surface area is 143 Å². The van der Waals surface area contributed by atoms with Crippen LogP contribution in [-0.2, 0) is 12.6 Å². The Morgan fingerprint density at radius 2 is 2.04 bits per heavy atom. The van der Waals surface area contributed by atoms with Crippen molar-refractivity contribution in [3.63, 3.8) is 0 Å². The summed E-state index contributed by atoms with van der Waals surface area (Å²) in [5.41, 5.74) is 1.56. The van der Waals surface area contributed by atoms with Crippen LogP contribution in [0.2, 0.25) is 0 Å². The molecule has 1 aliphatic rings. The van der Waals surface area contributed by atoms with E-state index < -0.39 is 17.8 Å². The predicted octanol–water partition coefficient (Wildman–Crippen LogP) is 3.28. The van der Waals surface area contributed by atoms with Crippen molar-refractivity contribution < 1.29 is 18.0 Å². The second kappa shape index (κ2) is 6.74. The largest absolute Gasteiger partial charge is 0.433 e. The number of alkyl halides is 3. The SMILES string of the molecule is CC1Cc2ccccc2N1CCNC(=O)c1ccc(C(F)(F)F)nc1. The third kappa shape index (κ3) is 3.75. The lowest BCUT2D eigenvalue weighted by Crippen LogP contribution is -2.37. The third-order valence-corrected chi connectivity index (χ3v) is 4.30. The summed E-state index contributed by atoms with van der Waals surface area (Å²) in [5.74, 6) is -0.429. The number of aromatic nitrogens is 1. The average Bonchev–Trinajstić information content (AvgIpc) is 2.90. The first-order valence-corrected chi connectivity index (χ1v) is 8.02. The molecule has 3 rings (SSSR count). The number of anilines is 1. The summed E-state index contributed by atoms with van der Waals surface area (Å²) in [6, 6.07) is 10.4. The van der Waals surface area contributed by atoms with Gasteiger partial charge in [-0.15, -0.1) is 0 Å². The minimum Gasteiger partial charge on any atom is -0.367 e. The molecule has 1 atom stereocenters. The van der Waals surface area contributed by atoms with Crippen molar-refractivity contribution in [1.29, 1.82) is 0 Å². The summed E-state index contributed by atoms with van der Waals surface area (Å²) < 4.78 is 37.5. The summed E-state index contributed by atoms with van der Waals surface area (Å²) in [7, 11) is 0. The van der Waals surface area contributed by atoms with Crippen molar-refractivity contribution in [2.24, 2.45) is 0 Å². The number of hydrogen-bond donors (Lipinski definition) is 1. The molecule has 1 aromatic heterocycles.